The van der Waals surface area contributed by atoms with E-state index in [1.807, 2.05) is 24.3 Å². The molecule has 4 heteroatoms. The standard InChI is InChI=1S/C18H23N3O/c19-16-5-1-14(2-6-16)11-21(18-9-10-22-13-18)12-15-3-7-17(20)8-4-15/h1-8,18H,9-13,19-20H2. The van der Waals surface area contributed by atoms with Gasteiger partial charge in [0, 0.05) is 37.1 Å². The van der Waals surface area contributed by atoms with Gasteiger partial charge in [-0.25, -0.2) is 0 Å². The van der Waals surface area contributed by atoms with E-state index in [4.69, 9.17) is 16.2 Å². The third-order valence-electron chi connectivity index (χ3n) is 4.15. The Morgan fingerprint density at radius 3 is 1.77 bits per heavy atom. The lowest BCUT2D eigenvalue weighted by atomic mass is 10.1. The summed E-state index contributed by atoms with van der Waals surface area (Å²) in [6, 6.07) is 16.7. The van der Waals surface area contributed by atoms with Crippen LogP contribution in [0.3, 0.4) is 0 Å². The van der Waals surface area contributed by atoms with Gasteiger partial charge in [0.1, 0.15) is 0 Å². The molecule has 1 unspecified atom stereocenters. The maximum absolute atomic E-state index is 5.77. The first-order valence-electron chi connectivity index (χ1n) is 7.71. The molecule has 0 spiro atoms. The van der Waals surface area contributed by atoms with Crippen molar-refractivity contribution >= 4 is 11.4 Å². The number of anilines is 2. The first-order valence-corrected chi connectivity index (χ1v) is 7.71. The molecule has 1 atom stereocenters. The predicted octanol–water partition coefficient (Wildman–Crippen LogP) is 2.64. The first kappa shape index (κ1) is 14.9. The summed E-state index contributed by atoms with van der Waals surface area (Å²) in [6.07, 6.45) is 1.09. The van der Waals surface area contributed by atoms with Crippen LogP contribution in [0.5, 0.6) is 0 Å². The van der Waals surface area contributed by atoms with Gasteiger partial charge in [-0.05, 0) is 41.8 Å². The zero-order valence-corrected chi connectivity index (χ0v) is 12.7. The summed E-state index contributed by atoms with van der Waals surface area (Å²) in [6.45, 7) is 3.46. The van der Waals surface area contributed by atoms with Crippen molar-refractivity contribution in [2.45, 2.75) is 25.6 Å². The van der Waals surface area contributed by atoms with Crippen molar-refractivity contribution < 1.29 is 4.74 Å². The minimum atomic E-state index is 0.468. The smallest absolute Gasteiger partial charge is 0.0622 e. The van der Waals surface area contributed by atoms with Crippen LogP contribution in [0.15, 0.2) is 48.5 Å². The predicted molar refractivity (Wildman–Crippen MR) is 90.2 cm³/mol. The van der Waals surface area contributed by atoms with Crippen LogP contribution >= 0.6 is 0 Å². The van der Waals surface area contributed by atoms with Crippen LogP contribution in [0.1, 0.15) is 17.5 Å². The average molecular weight is 297 g/mol. The fourth-order valence-corrected chi connectivity index (χ4v) is 2.84. The second-order valence-corrected chi connectivity index (χ2v) is 5.91. The second-order valence-electron chi connectivity index (χ2n) is 5.91. The van der Waals surface area contributed by atoms with Gasteiger partial charge in [0.15, 0.2) is 0 Å². The highest BCUT2D eigenvalue weighted by Gasteiger charge is 2.23. The molecule has 22 heavy (non-hydrogen) atoms. The fourth-order valence-electron chi connectivity index (χ4n) is 2.84. The monoisotopic (exact) mass is 297 g/mol. The molecule has 0 aromatic heterocycles. The van der Waals surface area contributed by atoms with E-state index in [0.717, 1.165) is 44.1 Å². The van der Waals surface area contributed by atoms with Gasteiger partial charge in [-0.3, -0.25) is 4.90 Å². The van der Waals surface area contributed by atoms with E-state index in [1.54, 1.807) is 0 Å². The average Bonchev–Trinajstić information content (AvgIpc) is 3.05. The lowest BCUT2D eigenvalue weighted by Gasteiger charge is -2.28. The Balaban J connectivity index is 1.74. The maximum Gasteiger partial charge on any atom is 0.0622 e. The highest BCUT2D eigenvalue weighted by atomic mass is 16.5. The zero-order chi connectivity index (χ0) is 15.4. The lowest BCUT2D eigenvalue weighted by Crippen LogP contribution is -2.34. The Morgan fingerprint density at radius 1 is 0.864 bits per heavy atom. The molecule has 116 valence electrons. The van der Waals surface area contributed by atoms with Gasteiger partial charge in [0.25, 0.3) is 0 Å². The molecule has 1 fully saturated rings. The lowest BCUT2D eigenvalue weighted by molar-refractivity contribution is 0.134. The van der Waals surface area contributed by atoms with Crippen molar-refractivity contribution in [3.63, 3.8) is 0 Å². The Kier molecular flexibility index (Phi) is 4.61. The molecule has 0 saturated carbocycles. The van der Waals surface area contributed by atoms with Crippen LogP contribution in [0.4, 0.5) is 11.4 Å². The van der Waals surface area contributed by atoms with Crippen LogP contribution in [0.25, 0.3) is 0 Å². The SMILES string of the molecule is Nc1ccc(CN(Cc2ccc(N)cc2)C2CCOC2)cc1. The quantitative estimate of drug-likeness (QED) is 0.833. The molecular formula is C18H23N3O. The Morgan fingerprint density at radius 2 is 1.36 bits per heavy atom. The van der Waals surface area contributed by atoms with E-state index in [2.05, 4.69) is 29.2 Å². The zero-order valence-electron chi connectivity index (χ0n) is 12.7. The number of nitrogen functional groups attached to an aromatic ring is 2. The molecule has 2 aromatic carbocycles. The van der Waals surface area contributed by atoms with Crippen LogP contribution in [-0.4, -0.2) is 24.2 Å². The summed E-state index contributed by atoms with van der Waals surface area (Å²) in [5.41, 5.74) is 15.7. The van der Waals surface area contributed by atoms with E-state index in [9.17, 15) is 0 Å². The number of nitrogens with zero attached hydrogens (tertiary/aromatic N) is 1. The van der Waals surface area contributed by atoms with Crippen molar-refractivity contribution in [1.29, 1.82) is 0 Å². The molecule has 1 heterocycles. The van der Waals surface area contributed by atoms with Gasteiger partial charge < -0.3 is 16.2 Å². The van der Waals surface area contributed by atoms with Crippen LogP contribution in [0.2, 0.25) is 0 Å². The van der Waals surface area contributed by atoms with Gasteiger partial charge in [-0.1, -0.05) is 24.3 Å². The maximum atomic E-state index is 5.77. The molecule has 0 aliphatic carbocycles. The molecule has 0 radical (unpaired) electrons. The largest absolute Gasteiger partial charge is 0.399 e. The Labute approximate surface area is 131 Å². The number of hydrogen-bond donors (Lipinski definition) is 2. The fraction of sp³-hybridized carbons (Fsp3) is 0.333. The number of hydrogen-bond acceptors (Lipinski definition) is 4. The van der Waals surface area contributed by atoms with Crippen molar-refractivity contribution in [2.24, 2.45) is 0 Å². The Hall–Kier alpha value is -2.04. The van der Waals surface area contributed by atoms with Gasteiger partial charge in [0.05, 0.1) is 6.61 Å². The minimum Gasteiger partial charge on any atom is -0.399 e. The number of rotatable bonds is 5. The third kappa shape index (κ3) is 3.78. The number of benzene rings is 2. The molecule has 0 bridgehead atoms. The summed E-state index contributed by atoms with van der Waals surface area (Å²) in [4.78, 5) is 2.48. The molecular weight excluding hydrogens is 274 g/mol. The summed E-state index contributed by atoms with van der Waals surface area (Å²) < 4.78 is 5.57. The van der Waals surface area contributed by atoms with Crippen LogP contribution in [0, 0.1) is 0 Å². The molecule has 4 N–H and O–H groups in total. The Bertz CT molecular complexity index is 541. The van der Waals surface area contributed by atoms with Gasteiger partial charge in [-0.2, -0.15) is 0 Å². The van der Waals surface area contributed by atoms with E-state index in [-0.39, 0.29) is 0 Å². The summed E-state index contributed by atoms with van der Waals surface area (Å²) in [5.74, 6) is 0. The topological polar surface area (TPSA) is 64.5 Å². The van der Waals surface area contributed by atoms with Gasteiger partial charge in [-0.15, -0.1) is 0 Å². The number of ether oxygens (including phenoxy) is 1. The van der Waals surface area contributed by atoms with Gasteiger partial charge in [0.2, 0.25) is 0 Å². The van der Waals surface area contributed by atoms with Crippen molar-refractivity contribution in [3.05, 3.63) is 59.7 Å². The highest BCUT2D eigenvalue weighted by molar-refractivity contribution is 5.40. The van der Waals surface area contributed by atoms with E-state index in [1.165, 1.54) is 11.1 Å². The summed E-state index contributed by atoms with van der Waals surface area (Å²) in [7, 11) is 0. The normalized spacial score (nSPS) is 18.0. The van der Waals surface area contributed by atoms with Crippen molar-refractivity contribution in [2.75, 3.05) is 24.7 Å². The van der Waals surface area contributed by atoms with Crippen LogP contribution < -0.4 is 11.5 Å². The molecule has 2 aromatic rings. The second kappa shape index (κ2) is 6.81. The van der Waals surface area contributed by atoms with Crippen molar-refractivity contribution in [3.8, 4) is 0 Å². The molecule has 3 rings (SSSR count). The van der Waals surface area contributed by atoms with E-state index >= 15 is 0 Å². The summed E-state index contributed by atoms with van der Waals surface area (Å²) in [5, 5.41) is 0. The van der Waals surface area contributed by atoms with Gasteiger partial charge >= 0.3 is 0 Å². The van der Waals surface area contributed by atoms with Crippen molar-refractivity contribution in [1.82, 2.24) is 4.90 Å². The molecule has 0 amide bonds. The minimum absolute atomic E-state index is 0.468. The number of nitrogens with two attached hydrogens (primary N) is 2. The third-order valence-corrected chi connectivity index (χ3v) is 4.15. The first-order chi connectivity index (χ1) is 10.7. The van der Waals surface area contributed by atoms with E-state index in [0.29, 0.717) is 6.04 Å². The van der Waals surface area contributed by atoms with E-state index < -0.39 is 0 Å². The van der Waals surface area contributed by atoms with Crippen LogP contribution in [-0.2, 0) is 17.8 Å². The molecule has 1 aliphatic heterocycles. The highest BCUT2D eigenvalue weighted by Crippen LogP contribution is 2.20. The molecule has 1 saturated heterocycles. The summed E-state index contributed by atoms with van der Waals surface area (Å²) >= 11 is 0. The molecule has 4 nitrogen and oxygen atoms in total. The molecule has 1 aliphatic rings.